The summed E-state index contributed by atoms with van der Waals surface area (Å²) in [6.45, 7) is 0.0856. The van der Waals surface area contributed by atoms with E-state index in [2.05, 4.69) is 5.32 Å². The zero-order chi connectivity index (χ0) is 15.9. The molecule has 2 aromatic rings. The molecule has 2 rings (SSSR count). The molecule has 0 aliphatic heterocycles. The summed E-state index contributed by atoms with van der Waals surface area (Å²) in [6.07, 6.45) is -3.81. The van der Waals surface area contributed by atoms with Crippen LogP contribution in [0.2, 0.25) is 0 Å². The van der Waals surface area contributed by atoms with Crippen LogP contribution in [0.5, 0.6) is 0 Å². The van der Waals surface area contributed by atoms with E-state index in [0.717, 1.165) is 5.56 Å². The lowest BCUT2D eigenvalue weighted by Gasteiger charge is -2.08. The Bertz CT molecular complexity index is 659. The zero-order valence-electron chi connectivity index (χ0n) is 11.5. The Morgan fingerprint density at radius 1 is 1.05 bits per heavy atom. The van der Waals surface area contributed by atoms with Crippen LogP contribution in [0, 0.1) is 0 Å². The number of benzene rings is 2. The van der Waals surface area contributed by atoms with Gasteiger partial charge in [0.1, 0.15) is 6.61 Å². The van der Waals surface area contributed by atoms with Crippen LogP contribution in [0.15, 0.2) is 54.6 Å². The van der Waals surface area contributed by atoms with Crippen LogP contribution in [0.4, 0.5) is 19.3 Å². The van der Waals surface area contributed by atoms with Crippen LogP contribution in [0.25, 0.3) is 0 Å². The van der Waals surface area contributed by atoms with Crippen LogP contribution < -0.4 is 5.32 Å². The summed E-state index contributed by atoms with van der Waals surface area (Å²) in [5.41, 5.74) is 0.861. The highest BCUT2D eigenvalue weighted by atomic mass is 19.3. The number of hydrogen-bond donors (Lipinski definition) is 1. The van der Waals surface area contributed by atoms with E-state index in [9.17, 15) is 18.4 Å². The second kappa shape index (κ2) is 7.31. The van der Waals surface area contributed by atoms with Gasteiger partial charge in [0, 0.05) is 11.3 Å². The fourth-order valence-electron chi connectivity index (χ4n) is 1.75. The molecule has 114 valence electrons. The van der Waals surface area contributed by atoms with Gasteiger partial charge in [0.05, 0.1) is 0 Å². The van der Waals surface area contributed by atoms with Gasteiger partial charge in [0.2, 0.25) is 5.78 Å². The highest BCUT2D eigenvalue weighted by molar-refractivity contribution is 5.99. The number of carbonyl (C=O) groups is 2. The Labute approximate surface area is 125 Å². The van der Waals surface area contributed by atoms with Crippen molar-refractivity contribution in [3.8, 4) is 0 Å². The Balaban J connectivity index is 1.94. The largest absolute Gasteiger partial charge is 0.444 e. The van der Waals surface area contributed by atoms with Crippen LogP contribution in [0.1, 0.15) is 15.9 Å². The topological polar surface area (TPSA) is 55.4 Å². The van der Waals surface area contributed by atoms with Gasteiger partial charge in [-0.25, -0.2) is 13.6 Å². The number of ketones is 1. The molecular weight excluding hydrogens is 292 g/mol. The van der Waals surface area contributed by atoms with Crippen molar-refractivity contribution in [1.82, 2.24) is 0 Å². The SMILES string of the molecule is O=C(Nc1cccc(C(=O)C(F)F)c1)OCc1ccccc1. The van der Waals surface area contributed by atoms with E-state index in [4.69, 9.17) is 4.74 Å². The number of hydrogen-bond acceptors (Lipinski definition) is 3. The maximum atomic E-state index is 12.4. The summed E-state index contributed by atoms with van der Waals surface area (Å²) in [5.74, 6) is -1.29. The van der Waals surface area contributed by atoms with E-state index < -0.39 is 18.3 Å². The lowest BCUT2D eigenvalue weighted by atomic mass is 10.1. The number of nitrogens with one attached hydrogen (secondary N) is 1. The van der Waals surface area contributed by atoms with E-state index in [1.54, 1.807) is 12.1 Å². The molecule has 0 spiro atoms. The van der Waals surface area contributed by atoms with Gasteiger partial charge in [0.15, 0.2) is 0 Å². The molecule has 6 heteroatoms. The number of rotatable bonds is 5. The fraction of sp³-hybridized carbons (Fsp3) is 0.125. The minimum Gasteiger partial charge on any atom is -0.444 e. The number of carbonyl (C=O) groups excluding carboxylic acids is 2. The Hall–Kier alpha value is -2.76. The summed E-state index contributed by atoms with van der Waals surface area (Å²) in [6, 6.07) is 14.4. The second-order valence-corrected chi connectivity index (χ2v) is 4.43. The van der Waals surface area contributed by atoms with Crippen LogP contribution in [-0.4, -0.2) is 18.3 Å². The van der Waals surface area contributed by atoms with Crippen molar-refractivity contribution in [3.05, 3.63) is 65.7 Å². The number of alkyl halides is 2. The van der Waals surface area contributed by atoms with Crippen molar-refractivity contribution in [2.75, 3.05) is 5.32 Å². The summed E-state index contributed by atoms with van der Waals surface area (Å²) in [7, 11) is 0. The standard InChI is InChI=1S/C16H13F2NO3/c17-15(18)14(20)12-7-4-8-13(9-12)19-16(21)22-10-11-5-2-1-3-6-11/h1-9,15H,10H2,(H,19,21). The Morgan fingerprint density at radius 3 is 2.45 bits per heavy atom. The summed E-state index contributed by atoms with van der Waals surface area (Å²) in [4.78, 5) is 22.8. The third-order valence-corrected chi connectivity index (χ3v) is 2.80. The van der Waals surface area contributed by atoms with Crippen molar-refractivity contribution in [2.45, 2.75) is 13.0 Å². The molecule has 0 aliphatic carbocycles. The van der Waals surface area contributed by atoms with Crippen molar-refractivity contribution in [1.29, 1.82) is 0 Å². The predicted molar refractivity (Wildman–Crippen MR) is 77.0 cm³/mol. The Kier molecular flexibility index (Phi) is 5.19. The van der Waals surface area contributed by atoms with E-state index >= 15 is 0 Å². The van der Waals surface area contributed by atoms with Gasteiger partial charge in [-0.2, -0.15) is 0 Å². The van der Waals surface area contributed by atoms with Gasteiger partial charge < -0.3 is 4.74 Å². The van der Waals surface area contributed by atoms with Crippen LogP contribution in [-0.2, 0) is 11.3 Å². The molecule has 1 amide bonds. The third kappa shape index (κ3) is 4.37. The highest BCUT2D eigenvalue weighted by Crippen LogP contribution is 2.14. The number of Topliss-reactive ketones (excluding diaryl/α,β-unsaturated/α-hetero) is 1. The first-order valence-electron chi connectivity index (χ1n) is 6.46. The number of halogens is 2. The molecule has 1 N–H and O–H groups in total. The van der Waals surface area contributed by atoms with Gasteiger partial charge in [-0.3, -0.25) is 10.1 Å². The number of anilines is 1. The van der Waals surface area contributed by atoms with Crippen LogP contribution in [0.3, 0.4) is 0 Å². The molecule has 0 aromatic heterocycles. The van der Waals surface area contributed by atoms with E-state index in [1.807, 2.05) is 18.2 Å². The lowest BCUT2D eigenvalue weighted by molar-refractivity contribution is 0.0679. The smallest absolute Gasteiger partial charge is 0.411 e. The molecule has 0 heterocycles. The minimum atomic E-state index is -3.08. The average molecular weight is 305 g/mol. The van der Waals surface area contributed by atoms with Crippen LogP contribution >= 0.6 is 0 Å². The zero-order valence-corrected chi connectivity index (χ0v) is 11.5. The van der Waals surface area contributed by atoms with Crippen molar-refractivity contribution >= 4 is 17.6 Å². The normalized spacial score (nSPS) is 10.3. The number of ether oxygens (including phenoxy) is 1. The van der Waals surface area contributed by atoms with E-state index in [-0.39, 0.29) is 17.9 Å². The molecule has 2 aromatic carbocycles. The summed E-state index contributed by atoms with van der Waals surface area (Å²) in [5, 5.41) is 2.39. The monoisotopic (exact) mass is 305 g/mol. The molecule has 0 bridgehead atoms. The van der Waals surface area contributed by atoms with Crippen molar-refractivity contribution < 1.29 is 23.1 Å². The van der Waals surface area contributed by atoms with Gasteiger partial charge >= 0.3 is 12.5 Å². The number of amides is 1. The lowest BCUT2D eigenvalue weighted by Crippen LogP contribution is -2.15. The summed E-state index contributed by atoms with van der Waals surface area (Å²) >= 11 is 0. The molecule has 0 saturated heterocycles. The second-order valence-electron chi connectivity index (χ2n) is 4.43. The average Bonchev–Trinajstić information content (AvgIpc) is 2.53. The molecule has 22 heavy (non-hydrogen) atoms. The van der Waals surface area contributed by atoms with Gasteiger partial charge in [0.25, 0.3) is 0 Å². The third-order valence-electron chi connectivity index (χ3n) is 2.80. The maximum Gasteiger partial charge on any atom is 0.411 e. The minimum absolute atomic E-state index is 0.0856. The molecule has 0 saturated carbocycles. The molecule has 4 nitrogen and oxygen atoms in total. The van der Waals surface area contributed by atoms with Gasteiger partial charge in [-0.15, -0.1) is 0 Å². The van der Waals surface area contributed by atoms with Gasteiger partial charge in [-0.1, -0.05) is 42.5 Å². The molecule has 0 unspecified atom stereocenters. The van der Waals surface area contributed by atoms with E-state index in [1.165, 1.54) is 24.3 Å². The fourth-order valence-corrected chi connectivity index (χ4v) is 1.75. The first kappa shape index (κ1) is 15.6. The first-order valence-corrected chi connectivity index (χ1v) is 6.46. The predicted octanol–water partition coefficient (Wildman–Crippen LogP) is 3.88. The molecule has 0 fully saturated rings. The van der Waals surface area contributed by atoms with Crippen molar-refractivity contribution in [3.63, 3.8) is 0 Å². The van der Waals surface area contributed by atoms with Crippen molar-refractivity contribution in [2.24, 2.45) is 0 Å². The quantitative estimate of drug-likeness (QED) is 0.853. The molecular formula is C16H13F2NO3. The highest BCUT2D eigenvalue weighted by Gasteiger charge is 2.18. The Morgan fingerprint density at radius 2 is 1.77 bits per heavy atom. The molecule has 0 radical (unpaired) electrons. The van der Waals surface area contributed by atoms with E-state index in [0.29, 0.717) is 0 Å². The first-order chi connectivity index (χ1) is 10.6. The molecule has 0 atom stereocenters. The maximum absolute atomic E-state index is 12.4. The summed E-state index contributed by atoms with van der Waals surface area (Å²) < 4.78 is 29.7. The van der Waals surface area contributed by atoms with Gasteiger partial charge in [-0.05, 0) is 17.7 Å². The molecule has 0 aliphatic rings.